The van der Waals surface area contributed by atoms with E-state index in [0.29, 0.717) is 30.3 Å². The monoisotopic (exact) mass is 508 g/mol. The molecule has 3 aromatic carbocycles. The Labute approximate surface area is 222 Å². The zero-order valence-corrected chi connectivity index (χ0v) is 21.4. The van der Waals surface area contributed by atoms with Crippen molar-refractivity contribution in [3.8, 4) is 22.6 Å². The number of aliphatic hydroxyl groups is 1. The Balaban J connectivity index is 1.09. The molecule has 1 unspecified atom stereocenters. The normalized spacial score (nSPS) is 28.5. The van der Waals surface area contributed by atoms with Crippen LogP contribution >= 0.6 is 0 Å². The molecule has 6 heteroatoms. The van der Waals surface area contributed by atoms with Gasteiger partial charge in [0.1, 0.15) is 23.7 Å². The number of carbonyl (C=O) groups excluding carboxylic acids is 1. The third kappa shape index (κ3) is 3.44. The van der Waals surface area contributed by atoms with E-state index in [1.807, 2.05) is 24.3 Å². The fourth-order valence-electron chi connectivity index (χ4n) is 7.36. The molecule has 0 radical (unpaired) electrons. The molecule has 0 saturated carbocycles. The van der Waals surface area contributed by atoms with E-state index in [4.69, 9.17) is 4.74 Å². The van der Waals surface area contributed by atoms with Crippen LogP contribution in [0, 0.1) is 5.92 Å². The minimum Gasteiger partial charge on any atom is -0.508 e. The van der Waals surface area contributed by atoms with Gasteiger partial charge in [-0.1, -0.05) is 54.6 Å². The highest BCUT2D eigenvalue weighted by molar-refractivity contribution is 5.98. The highest BCUT2D eigenvalue weighted by Crippen LogP contribution is 2.61. The average Bonchev–Trinajstić information content (AvgIpc) is 3.28. The molecule has 5 atom stereocenters. The van der Waals surface area contributed by atoms with Crippen molar-refractivity contribution >= 4 is 5.91 Å². The van der Waals surface area contributed by atoms with Gasteiger partial charge in [0.25, 0.3) is 5.91 Å². The molecule has 38 heavy (non-hydrogen) atoms. The fraction of sp³-hybridized carbons (Fsp3) is 0.344. The highest BCUT2D eigenvalue weighted by atomic mass is 16.5. The second-order valence-electron chi connectivity index (χ2n) is 11.2. The Hall–Kier alpha value is -3.61. The van der Waals surface area contributed by atoms with E-state index in [-0.39, 0.29) is 29.1 Å². The number of aromatic hydroxyl groups is 1. The van der Waals surface area contributed by atoms with E-state index in [1.165, 1.54) is 5.56 Å². The summed E-state index contributed by atoms with van der Waals surface area (Å²) in [4.78, 5) is 15.8. The summed E-state index contributed by atoms with van der Waals surface area (Å²) >= 11 is 0. The summed E-state index contributed by atoms with van der Waals surface area (Å²) in [5, 5.41) is 23.5. The molecule has 1 amide bonds. The van der Waals surface area contributed by atoms with E-state index in [1.54, 1.807) is 12.1 Å². The second kappa shape index (κ2) is 8.72. The Kier molecular flexibility index (Phi) is 5.39. The van der Waals surface area contributed by atoms with Gasteiger partial charge >= 0.3 is 0 Å². The Morgan fingerprint density at radius 2 is 1.79 bits per heavy atom. The van der Waals surface area contributed by atoms with Gasteiger partial charge in [-0.2, -0.15) is 0 Å². The van der Waals surface area contributed by atoms with Crippen molar-refractivity contribution in [1.82, 2.24) is 10.2 Å². The molecule has 3 aromatic rings. The quantitative estimate of drug-likeness (QED) is 0.457. The first kappa shape index (κ1) is 23.5. The summed E-state index contributed by atoms with van der Waals surface area (Å²) in [6.07, 6.45) is 5.64. The molecule has 4 aliphatic rings. The zero-order chi connectivity index (χ0) is 26.0. The number of phenols is 1. The third-order valence-electron chi connectivity index (χ3n) is 9.27. The number of phenolic OH excluding ortho intramolecular Hbond substituents is 1. The molecule has 1 spiro atoms. The summed E-state index contributed by atoms with van der Waals surface area (Å²) in [5.41, 5.74) is 5.99. The van der Waals surface area contributed by atoms with Gasteiger partial charge in [0.15, 0.2) is 0 Å². The number of amides is 1. The van der Waals surface area contributed by atoms with Crippen LogP contribution in [0.5, 0.6) is 11.5 Å². The lowest BCUT2D eigenvalue weighted by molar-refractivity contribution is -0.0451. The van der Waals surface area contributed by atoms with Crippen LogP contribution in [-0.4, -0.2) is 59.4 Å². The van der Waals surface area contributed by atoms with Gasteiger partial charge < -0.3 is 25.2 Å². The summed E-state index contributed by atoms with van der Waals surface area (Å²) in [7, 11) is 2.19. The molecule has 1 fully saturated rings. The zero-order valence-electron chi connectivity index (χ0n) is 21.4. The molecule has 3 N–H and O–H groups in total. The van der Waals surface area contributed by atoms with Crippen molar-refractivity contribution in [3.05, 3.63) is 95.1 Å². The van der Waals surface area contributed by atoms with E-state index in [2.05, 4.69) is 53.7 Å². The number of piperidine rings is 1. The Bertz CT molecular complexity index is 1430. The van der Waals surface area contributed by atoms with E-state index in [0.717, 1.165) is 41.6 Å². The van der Waals surface area contributed by atoms with Crippen molar-refractivity contribution in [2.24, 2.45) is 5.92 Å². The van der Waals surface area contributed by atoms with Gasteiger partial charge in [-0.25, -0.2) is 0 Å². The van der Waals surface area contributed by atoms with Crippen LogP contribution < -0.4 is 10.1 Å². The molecular weight excluding hydrogens is 476 g/mol. The van der Waals surface area contributed by atoms with Crippen molar-refractivity contribution in [3.63, 3.8) is 0 Å². The van der Waals surface area contributed by atoms with Crippen LogP contribution in [-0.2, 0) is 18.3 Å². The van der Waals surface area contributed by atoms with Gasteiger partial charge in [0.05, 0.1) is 5.56 Å². The molecule has 6 nitrogen and oxygen atoms in total. The number of hydrogen-bond donors (Lipinski definition) is 3. The first-order valence-corrected chi connectivity index (χ1v) is 13.5. The molecular formula is C32H32N2O4. The van der Waals surface area contributed by atoms with Crippen molar-refractivity contribution in [1.29, 1.82) is 0 Å². The number of aliphatic hydroxyl groups excluding tert-OH is 1. The first-order valence-electron chi connectivity index (χ1n) is 13.5. The number of rotatable bonds is 5. The minimum atomic E-state index is -0.672. The SMILES string of the molecule is CN1CC[C@]23c4c5ccc(C(=O)NCCc6ccc(-c7ccc(O)cc7)cc6)c4OC2[C@@H](O)C=C[C@H]3[C@H]1C5. The summed E-state index contributed by atoms with van der Waals surface area (Å²) < 4.78 is 6.51. The lowest BCUT2D eigenvalue weighted by Gasteiger charge is -2.56. The topological polar surface area (TPSA) is 82.0 Å². The second-order valence-corrected chi connectivity index (χ2v) is 11.2. The molecule has 194 valence electrons. The van der Waals surface area contributed by atoms with Crippen LogP contribution in [0.15, 0.2) is 72.8 Å². The summed E-state index contributed by atoms with van der Waals surface area (Å²) in [5.74, 6) is 1.09. The molecule has 7 rings (SSSR count). The fourth-order valence-corrected chi connectivity index (χ4v) is 7.36. The van der Waals surface area contributed by atoms with Gasteiger partial charge in [0.2, 0.25) is 0 Å². The predicted octanol–water partition coefficient (Wildman–Crippen LogP) is 3.84. The average molecular weight is 509 g/mol. The standard InChI is InChI=1S/C32H32N2O4/c1-34-17-15-32-25-12-13-27(36)30(32)38-29-24(11-8-22(28(29)32)18-26(25)34)31(37)33-16-14-19-2-4-20(5-3-19)21-6-9-23(35)10-7-21/h2-13,25-27,30,35-36H,14-18H2,1H3,(H,33,37)/t25-,26+,27-,30?,32-/m0/s1. The molecule has 2 heterocycles. The molecule has 0 aromatic heterocycles. The van der Waals surface area contributed by atoms with Crippen molar-refractivity contribution < 1.29 is 19.7 Å². The third-order valence-corrected chi connectivity index (χ3v) is 9.27. The Morgan fingerprint density at radius 1 is 1.05 bits per heavy atom. The number of likely N-dealkylation sites (N-methyl/N-ethyl adjacent to an activating group) is 1. The van der Waals surface area contributed by atoms with Crippen LogP contribution in [0.2, 0.25) is 0 Å². The Morgan fingerprint density at radius 3 is 2.55 bits per heavy atom. The predicted molar refractivity (Wildman–Crippen MR) is 145 cm³/mol. The molecule has 1 saturated heterocycles. The number of nitrogens with zero attached hydrogens (tertiary/aromatic N) is 1. The number of carbonyl (C=O) groups is 1. The van der Waals surface area contributed by atoms with Gasteiger partial charge in [-0.15, -0.1) is 0 Å². The first-order chi connectivity index (χ1) is 18.5. The van der Waals surface area contributed by atoms with Crippen LogP contribution in [0.4, 0.5) is 0 Å². The van der Waals surface area contributed by atoms with Gasteiger partial charge in [0, 0.05) is 29.5 Å². The van der Waals surface area contributed by atoms with E-state index < -0.39 is 6.10 Å². The number of likely N-dealkylation sites (tertiary alicyclic amines) is 1. The van der Waals surface area contributed by atoms with Gasteiger partial charge in [-0.3, -0.25) is 4.79 Å². The van der Waals surface area contributed by atoms with Crippen LogP contribution in [0.3, 0.4) is 0 Å². The van der Waals surface area contributed by atoms with Gasteiger partial charge in [-0.05, 0) is 73.3 Å². The highest BCUT2D eigenvalue weighted by Gasteiger charge is 2.64. The smallest absolute Gasteiger partial charge is 0.255 e. The molecule has 2 bridgehead atoms. The van der Waals surface area contributed by atoms with E-state index >= 15 is 0 Å². The maximum Gasteiger partial charge on any atom is 0.255 e. The minimum absolute atomic E-state index is 0.132. The maximum atomic E-state index is 13.4. The van der Waals surface area contributed by atoms with E-state index in [9.17, 15) is 15.0 Å². The largest absolute Gasteiger partial charge is 0.508 e. The molecule has 2 aliphatic carbocycles. The number of nitrogens with one attached hydrogen (secondary N) is 1. The van der Waals surface area contributed by atoms with Crippen LogP contribution in [0.25, 0.3) is 11.1 Å². The number of hydrogen-bond acceptors (Lipinski definition) is 5. The maximum absolute atomic E-state index is 13.4. The number of ether oxygens (including phenoxy) is 1. The van der Waals surface area contributed by atoms with Crippen LogP contribution in [0.1, 0.15) is 33.5 Å². The lowest BCUT2D eigenvalue weighted by atomic mass is 9.53. The summed E-state index contributed by atoms with van der Waals surface area (Å²) in [6, 6.07) is 19.8. The van der Waals surface area contributed by atoms with Crippen molar-refractivity contribution in [2.75, 3.05) is 20.1 Å². The lowest BCUT2D eigenvalue weighted by Crippen LogP contribution is -2.64. The summed E-state index contributed by atoms with van der Waals surface area (Å²) in [6.45, 7) is 1.48. The molecule has 2 aliphatic heterocycles. The number of benzene rings is 3. The van der Waals surface area contributed by atoms with Crippen molar-refractivity contribution in [2.45, 2.75) is 42.9 Å².